The van der Waals surface area contributed by atoms with Gasteiger partial charge < -0.3 is 24.8 Å². The zero-order valence-corrected chi connectivity index (χ0v) is 25.4. The summed E-state index contributed by atoms with van der Waals surface area (Å²) in [5.41, 5.74) is 1.80. The first-order valence-electron chi connectivity index (χ1n) is 14.7. The zero-order valence-electron chi connectivity index (χ0n) is 24.6. The number of nitrogens with zero attached hydrogens (tertiary/aromatic N) is 3. The summed E-state index contributed by atoms with van der Waals surface area (Å²) in [6.45, 7) is 1.69. The maximum atomic E-state index is 15.1. The van der Waals surface area contributed by atoms with Gasteiger partial charge in [-0.1, -0.05) is 36.8 Å². The van der Waals surface area contributed by atoms with Crippen LogP contribution in [0, 0.1) is 17.7 Å². The van der Waals surface area contributed by atoms with E-state index < -0.39 is 5.82 Å². The van der Waals surface area contributed by atoms with E-state index in [0.717, 1.165) is 18.0 Å². The minimum absolute atomic E-state index is 0.0377. The van der Waals surface area contributed by atoms with Crippen LogP contribution in [-0.4, -0.2) is 59.2 Å². The van der Waals surface area contributed by atoms with Crippen LogP contribution in [0.5, 0.6) is 23.1 Å². The summed E-state index contributed by atoms with van der Waals surface area (Å²) < 4.78 is 33.0. The van der Waals surface area contributed by atoms with Crippen LogP contribution in [0.25, 0.3) is 10.9 Å². The number of carbonyl (C=O) groups excluding carboxylic acids is 1. The van der Waals surface area contributed by atoms with Gasteiger partial charge in [-0.05, 0) is 67.7 Å². The molecule has 1 aliphatic carbocycles. The molecule has 2 fully saturated rings. The molecule has 1 unspecified atom stereocenters. The highest BCUT2D eigenvalue weighted by molar-refractivity contribution is 7.80. The van der Waals surface area contributed by atoms with E-state index in [0.29, 0.717) is 46.7 Å². The second kappa shape index (κ2) is 13.1. The number of carbonyl (C=O) groups is 1. The molecule has 2 N–H and O–H groups in total. The first kappa shape index (κ1) is 29.7. The topological polar surface area (TPSA) is 97.8 Å². The van der Waals surface area contributed by atoms with Crippen LogP contribution >= 0.6 is 12.2 Å². The third-order valence-electron chi connectivity index (χ3n) is 8.45. The van der Waals surface area contributed by atoms with Gasteiger partial charge in [-0.15, -0.1) is 0 Å². The van der Waals surface area contributed by atoms with E-state index in [-0.39, 0.29) is 29.1 Å². The molecule has 0 spiro atoms. The van der Waals surface area contributed by atoms with Gasteiger partial charge in [0.1, 0.15) is 12.9 Å². The van der Waals surface area contributed by atoms with Crippen LogP contribution in [0.3, 0.4) is 0 Å². The lowest BCUT2D eigenvalue weighted by molar-refractivity contribution is -0.119. The number of benzene rings is 3. The molecule has 3 atom stereocenters. The van der Waals surface area contributed by atoms with E-state index in [4.69, 9.17) is 26.4 Å². The molecule has 1 saturated carbocycles. The largest absolute Gasteiger partial charge is 0.493 e. The molecule has 2 heterocycles. The lowest BCUT2D eigenvalue weighted by Gasteiger charge is -2.25. The average molecular weight is 616 g/mol. The highest BCUT2D eigenvalue weighted by atomic mass is 32.1. The monoisotopic (exact) mass is 615 g/mol. The molecule has 9 nitrogen and oxygen atoms in total. The Balaban J connectivity index is 1.12. The number of rotatable bonds is 9. The van der Waals surface area contributed by atoms with Gasteiger partial charge >= 0.3 is 0 Å². The van der Waals surface area contributed by atoms with Gasteiger partial charge in [-0.3, -0.25) is 9.69 Å². The molecule has 44 heavy (non-hydrogen) atoms. The number of halogens is 1. The molecule has 3 aromatic carbocycles. The Morgan fingerprint density at radius 1 is 1.07 bits per heavy atom. The lowest BCUT2D eigenvalue weighted by Crippen LogP contribution is -2.35. The Morgan fingerprint density at radius 2 is 1.91 bits per heavy atom. The van der Waals surface area contributed by atoms with E-state index in [1.54, 1.807) is 25.3 Å². The number of nitrogens with one attached hydrogen (secondary N) is 2. The highest BCUT2D eigenvalue weighted by Crippen LogP contribution is 2.42. The SMILES string of the molecule is COc1cc2c(Oc3ccc(NC(=S)NC(=O)Cc4ccccc4)cc3F)ncnc2cc1OCC1[C@@H]2CCC[C@H]2CN1C. The number of fused-ring (bicyclic) bond motifs is 2. The van der Waals surface area contributed by atoms with Gasteiger partial charge in [0.25, 0.3) is 0 Å². The van der Waals surface area contributed by atoms with Crippen molar-refractivity contribution in [3.63, 3.8) is 0 Å². The van der Waals surface area contributed by atoms with Crippen molar-refractivity contribution in [1.29, 1.82) is 0 Å². The third-order valence-corrected chi connectivity index (χ3v) is 8.66. The Labute approximate surface area is 260 Å². The first-order chi connectivity index (χ1) is 21.4. The summed E-state index contributed by atoms with van der Waals surface area (Å²) in [6.07, 6.45) is 5.38. The van der Waals surface area contributed by atoms with Gasteiger partial charge in [0.2, 0.25) is 11.8 Å². The molecule has 11 heteroatoms. The molecule has 228 valence electrons. The summed E-state index contributed by atoms with van der Waals surface area (Å²) in [5, 5.41) is 6.06. The third kappa shape index (κ3) is 6.58. The molecule has 1 amide bonds. The average Bonchev–Trinajstić information content (AvgIpc) is 3.58. The molecule has 4 aromatic rings. The number of hydrogen-bond acceptors (Lipinski definition) is 8. The summed E-state index contributed by atoms with van der Waals surface area (Å²) in [5.74, 6) is 1.75. The number of hydrogen-bond donors (Lipinski definition) is 2. The Bertz CT molecular complexity index is 1670. The fourth-order valence-electron chi connectivity index (χ4n) is 6.33. The normalized spacial score (nSPS) is 19.4. The molecular formula is C33H34FN5O4S. The number of anilines is 1. The van der Waals surface area contributed by atoms with Crippen LogP contribution < -0.4 is 24.8 Å². The number of likely N-dealkylation sites (N-methyl/N-ethyl adjacent to an activating group) is 1. The van der Waals surface area contributed by atoms with Crippen LogP contribution in [0.15, 0.2) is 67.0 Å². The van der Waals surface area contributed by atoms with Crippen molar-refractivity contribution in [3.8, 4) is 23.1 Å². The number of amides is 1. The van der Waals surface area contributed by atoms with Crippen LogP contribution in [-0.2, 0) is 11.2 Å². The van der Waals surface area contributed by atoms with E-state index >= 15 is 4.39 Å². The van der Waals surface area contributed by atoms with Crippen LogP contribution in [0.1, 0.15) is 24.8 Å². The fourth-order valence-corrected chi connectivity index (χ4v) is 6.56. The van der Waals surface area contributed by atoms with E-state index in [1.807, 2.05) is 30.3 Å². The van der Waals surface area contributed by atoms with E-state index in [2.05, 4.69) is 32.5 Å². The molecule has 0 bridgehead atoms. The smallest absolute Gasteiger partial charge is 0.230 e. The first-order valence-corrected chi connectivity index (χ1v) is 15.1. The molecule has 1 aromatic heterocycles. The van der Waals surface area contributed by atoms with Gasteiger partial charge in [0.15, 0.2) is 28.2 Å². The summed E-state index contributed by atoms with van der Waals surface area (Å²) in [6, 6.07) is 17.5. The van der Waals surface area contributed by atoms with Gasteiger partial charge in [-0.25, -0.2) is 14.4 Å². The maximum absolute atomic E-state index is 15.1. The summed E-state index contributed by atoms with van der Waals surface area (Å²) in [7, 11) is 3.74. The number of likely N-dealkylation sites (tertiary alicyclic amines) is 1. The van der Waals surface area contributed by atoms with E-state index in [1.165, 1.54) is 37.7 Å². The van der Waals surface area contributed by atoms with Crippen molar-refractivity contribution in [2.75, 3.05) is 32.6 Å². The Morgan fingerprint density at radius 3 is 2.70 bits per heavy atom. The lowest BCUT2D eigenvalue weighted by atomic mass is 9.94. The van der Waals surface area contributed by atoms with Crippen molar-refractivity contribution in [3.05, 3.63) is 78.4 Å². The maximum Gasteiger partial charge on any atom is 0.230 e. The predicted molar refractivity (Wildman–Crippen MR) is 170 cm³/mol. The van der Waals surface area contributed by atoms with Crippen LogP contribution in [0.4, 0.5) is 10.1 Å². The second-order valence-corrected chi connectivity index (χ2v) is 11.7. The predicted octanol–water partition coefficient (Wildman–Crippen LogP) is 5.73. The quantitative estimate of drug-likeness (QED) is 0.229. The van der Waals surface area contributed by atoms with Gasteiger partial charge in [-0.2, -0.15) is 0 Å². The number of aromatic nitrogens is 2. The second-order valence-electron chi connectivity index (χ2n) is 11.3. The molecule has 2 aliphatic rings. The fraction of sp³-hybridized carbons (Fsp3) is 0.333. The molecule has 1 saturated heterocycles. The molecule has 1 aliphatic heterocycles. The Hall–Kier alpha value is -4.35. The van der Waals surface area contributed by atoms with Crippen LogP contribution in [0.2, 0.25) is 0 Å². The van der Waals surface area contributed by atoms with Crippen molar-refractivity contribution in [1.82, 2.24) is 20.2 Å². The Kier molecular flexibility index (Phi) is 8.85. The van der Waals surface area contributed by atoms with Crippen molar-refractivity contribution in [2.45, 2.75) is 31.7 Å². The highest BCUT2D eigenvalue weighted by Gasteiger charge is 2.42. The van der Waals surface area contributed by atoms with Crippen molar-refractivity contribution < 1.29 is 23.4 Å². The number of thiocarbonyl (C=S) groups is 1. The standard InChI is InChI=1S/C33H34FN5O4S/c1-39-17-21-9-6-10-23(21)27(39)18-42-30-16-26-24(15-29(30)41-2)32(36-19-35-26)43-28-12-11-22(14-25(28)34)37-33(44)38-31(40)13-20-7-4-3-5-8-20/h3-5,7-8,11-12,14-16,19,21,23,27H,6,9-10,13,17-18H2,1-2H3,(H2,37,38,40,44)/t21-,23+,27?/m0/s1. The zero-order chi connectivity index (χ0) is 30.6. The van der Waals surface area contributed by atoms with Gasteiger partial charge in [0, 0.05) is 30.4 Å². The van der Waals surface area contributed by atoms with Crippen molar-refractivity contribution in [2.24, 2.45) is 11.8 Å². The summed E-state index contributed by atoms with van der Waals surface area (Å²) >= 11 is 5.23. The van der Waals surface area contributed by atoms with Gasteiger partial charge in [0.05, 0.1) is 24.4 Å². The number of ether oxygens (including phenoxy) is 3. The summed E-state index contributed by atoms with van der Waals surface area (Å²) in [4.78, 5) is 23.4. The minimum Gasteiger partial charge on any atom is -0.493 e. The van der Waals surface area contributed by atoms with E-state index in [9.17, 15) is 4.79 Å². The molecule has 0 radical (unpaired) electrons. The minimum atomic E-state index is -0.641. The van der Waals surface area contributed by atoms with Crippen molar-refractivity contribution >= 4 is 39.8 Å². The number of methoxy groups -OCH3 is 1. The molecular weight excluding hydrogens is 581 g/mol. The molecule has 6 rings (SSSR count).